The van der Waals surface area contributed by atoms with E-state index in [0.717, 1.165) is 50.3 Å². The van der Waals surface area contributed by atoms with E-state index >= 15 is 0 Å². The first-order valence-corrected chi connectivity index (χ1v) is 10.7. The van der Waals surface area contributed by atoms with Crippen LogP contribution in [0.15, 0.2) is 59.6 Å². The standard InChI is InChI=1S/C22H23F2N3O2S/c23-22(24)30-19-4-1-16(2-5-19)21(28)25-18-3-6-20-17(15-18)7-8-27(20)10-9-26-11-13-29-14-12-26/h1-8,15,22H,9-14H2,(H,25,28). The number of hydrogen-bond donors (Lipinski definition) is 1. The number of morpholine rings is 1. The second kappa shape index (κ2) is 9.59. The monoisotopic (exact) mass is 431 g/mol. The zero-order chi connectivity index (χ0) is 20.9. The summed E-state index contributed by atoms with van der Waals surface area (Å²) < 4.78 is 32.4. The van der Waals surface area contributed by atoms with Gasteiger partial charge in [0.1, 0.15) is 0 Å². The number of rotatable bonds is 7. The Bertz CT molecular complexity index is 1000. The highest BCUT2D eigenvalue weighted by Crippen LogP contribution is 2.26. The summed E-state index contributed by atoms with van der Waals surface area (Å²) in [5.74, 6) is -2.74. The van der Waals surface area contributed by atoms with Crippen molar-refractivity contribution in [3.05, 3.63) is 60.3 Å². The first-order valence-electron chi connectivity index (χ1n) is 9.84. The molecule has 0 bridgehead atoms. The van der Waals surface area contributed by atoms with Crippen LogP contribution in [0.5, 0.6) is 0 Å². The molecule has 0 aliphatic carbocycles. The van der Waals surface area contributed by atoms with Crippen LogP contribution in [0.3, 0.4) is 0 Å². The number of ether oxygens (including phenoxy) is 1. The van der Waals surface area contributed by atoms with Gasteiger partial charge in [-0.3, -0.25) is 9.69 Å². The van der Waals surface area contributed by atoms with Gasteiger partial charge in [0.25, 0.3) is 11.7 Å². The van der Waals surface area contributed by atoms with Crippen molar-refractivity contribution in [2.24, 2.45) is 0 Å². The van der Waals surface area contributed by atoms with Crippen molar-refractivity contribution < 1.29 is 18.3 Å². The minimum atomic E-state index is -2.47. The summed E-state index contributed by atoms with van der Waals surface area (Å²) >= 11 is 0.463. The Morgan fingerprint density at radius 2 is 1.83 bits per heavy atom. The zero-order valence-corrected chi connectivity index (χ0v) is 17.2. The van der Waals surface area contributed by atoms with Crippen molar-refractivity contribution in [3.63, 3.8) is 0 Å². The summed E-state index contributed by atoms with van der Waals surface area (Å²) in [6.45, 7) is 5.41. The highest BCUT2D eigenvalue weighted by atomic mass is 32.2. The molecule has 8 heteroatoms. The van der Waals surface area contributed by atoms with E-state index in [1.165, 1.54) is 12.1 Å². The van der Waals surface area contributed by atoms with E-state index in [1.54, 1.807) is 12.1 Å². The van der Waals surface area contributed by atoms with Gasteiger partial charge in [-0.05, 0) is 48.5 Å². The van der Waals surface area contributed by atoms with E-state index in [0.29, 0.717) is 27.9 Å². The van der Waals surface area contributed by atoms with Crippen LogP contribution in [-0.4, -0.2) is 54.0 Å². The molecule has 0 unspecified atom stereocenters. The van der Waals surface area contributed by atoms with Crippen molar-refractivity contribution in [1.29, 1.82) is 0 Å². The van der Waals surface area contributed by atoms with Gasteiger partial charge >= 0.3 is 0 Å². The first kappa shape index (κ1) is 20.8. The van der Waals surface area contributed by atoms with Crippen molar-refractivity contribution in [2.45, 2.75) is 17.2 Å². The Balaban J connectivity index is 1.39. The summed E-state index contributed by atoms with van der Waals surface area (Å²) in [6.07, 6.45) is 2.07. The van der Waals surface area contributed by atoms with Crippen LogP contribution in [-0.2, 0) is 11.3 Å². The lowest BCUT2D eigenvalue weighted by Crippen LogP contribution is -2.38. The van der Waals surface area contributed by atoms with Crippen LogP contribution in [0.25, 0.3) is 10.9 Å². The Labute approximate surface area is 178 Å². The first-order chi connectivity index (χ1) is 14.6. The maximum absolute atomic E-state index is 12.5. The molecule has 30 heavy (non-hydrogen) atoms. The Hall–Kier alpha value is -2.42. The van der Waals surface area contributed by atoms with Gasteiger partial charge in [0.05, 0.1) is 13.2 Å². The molecule has 5 nitrogen and oxygen atoms in total. The molecule has 2 heterocycles. The molecular weight excluding hydrogens is 408 g/mol. The summed E-state index contributed by atoms with van der Waals surface area (Å²) in [5.41, 5.74) is 2.25. The second-order valence-corrected chi connectivity index (χ2v) is 8.16. The molecule has 158 valence electrons. The summed E-state index contributed by atoms with van der Waals surface area (Å²) in [7, 11) is 0. The van der Waals surface area contributed by atoms with Gasteiger partial charge in [0.15, 0.2) is 0 Å². The fraction of sp³-hybridized carbons (Fsp3) is 0.318. The summed E-state index contributed by atoms with van der Waals surface area (Å²) in [6, 6.07) is 14.0. The zero-order valence-electron chi connectivity index (χ0n) is 16.4. The molecule has 0 atom stereocenters. The largest absolute Gasteiger partial charge is 0.379 e. The Kier molecular flexibility index (Phi) is 6.66. The quantitative estimate of drug-likeness (QED) is 0.558. The minimum absolute atomic E-state index is 0.269. The number of halogens is 2. The van der Waals surface area contributed by atoms with Crippen LogP contribution in [0, 0.1) is 0 Å². The van der Waals surface area contributed by atoms with E-state index in [1.807, 2.05) is 24.3 Å². The second-order valence-electron chi connectivity index (χ2n) is 7.09. The number of thioether (sulfide) groups is 1. The lowest BCUT2D eigenvalue weighted by atomic mass is 10.2. The van der Waals surface area contributed by atoms with E-state index < -0.39 is 5.76 Å². The van der Waals surface area contributed by atoms with E-state index in [4.69, 9.17) is 4.74 Å². The van der Waals surface area contributed by atoms with Gasteiger partial charge in [0, 0.05) is 59.4 Å². The normalized spacial score (nSPS) is 15.0. The molecule has 2 aromatic carbocycles. The fourth-order valence-electron chi connectivity index (χ4n) is 3.54. The summed E-state index contributed by atoms with van der Waals surface area (Å²) in [4.78, 5) is 15.3. The molecular formula is C22H23F2N3O2S. The average Bonchev–Trinajstić information content (AvgIpc) is 3.15. The fourth-order valence-corrected chi connectivity index (χ4v) is 4.04. The maximum atomic E-state index is 12.5. The van der Waals surface area contributed by atoms with Gasteiger partial charge in [-0.25, -0.2) is 0 Å². The van der Waals surface area contributed by atoms with Gasteiger partial charge < -0.3 is 14.6 Å². The van der Waals surface area contributed by atoms with Gasteiger partial charge in [0.2, 0.25) is 0 Å². The number of amides is 1. The molecule has 1 aliphatic rings. The molecule has 0 radical (unpaired) electrons. The topological polar surface area (TPSA) is 46.5 Å². The smallest absolute Gasteiger partial charge is 0.288 e. The van der Waals surface area contributed by atoms with Crippen molar-refractivity contribution in [1.82, 2.24) is 9.47 Å². The van der Waals surface area contributed by atoms with Crippen molar-refractivity contribution >= 4 is 34.3 Å². The number of anilines is 1. The lowest BCUT2D eigenvalue weighted by molar-refractivity contribution is 0.0365. The third-order valence-electron chi connectivity index (χ3n) is 5.13. The predicted molar refractivity (Wildman–Crippen MR) is 115 cm³/mol. The molecule has 1 N–H and O–H groups in total. The maximum Gasteiger partial charge on any atom is 0.288 e. The van der Waals surface area contributed by atoms with E-state index in [9.17, 15) is 13.6 Å². The number of aromatic nitrogens is 1. The van der Waals surface area contributed by atoms with E-state index in [-0.39, 0.29) is 5.91 Å². The number of hydrogen-bond acceptors (Lipinski definition) is 4. The Morgan fingerprint density at radius 1 is 1.07 bits per heavy atom. The number of carbonyl (C=O) groups is 1. The number of alkyl halides is 2. The average molecular weight is 432 g/mol. The van der Waals surface area contributed by atoms with Crippen LogP contribution in [0.4, 0.5) is 14.5 Å². The summed E-state index contributed by atoms with van der Waals surface area (Å²) in [5, 5.41) is 3.93. The Morgan fingerprint density at radius 3 is 2.57 bits per heavy atom. The molecule has 1 fully saturated rings. The number of benzene rings is 2. The van der Waals surface area contributed by atoms with Gasteiger partial charge in [-0.15, -0.1) is 0 Å². The van der Waals surface area contributed by atoms with Crippen LogP contribution >= 0.6 is 11.8 Å². The van der Waals surface area contributed by atoms with Gasteiger partial charge in [-0.2, -0.15) is 8.78 Å². The minimum Gasteiger partial charge on any atom is -0.379 e. The van der Waals surface area contributed by atoms with E-state index in [2.05, 4.69) is 21.0 Å². The number of carbonyl (C=O) groups excluding carboxylic acids is 1. The number of nitrogens with zero attached hydrogens (tertiary/aromatic N) is 2. The highest BCUT2D eigenvalue weighted by Gasteiger charge is 2.12. The SMILES string of the molecule is O=C(Nc1ccc2c(ccn2CCN2CCOCC2)c1)c1ccc(SC(F)F)cc1. The molecule has 1 saturated heterocycles. The van der Waals surface area contributed by atoms with Crippen LogP contribution in [0.1, 0.15) is 10.4 Å². The number of nitrogens with one attached hydrogen (secondary N) is 1. The molecule has 1 aromatic heterocycles. The number of fused-ring (bicyclic) bond motifs is 1. The molecule has 0 saturated carbocycles. The molecule has 3 aromatic rings. The molecule has 4 rings (SSSR count). The molecule has 0 spiro atoms. The van der Waals surface area contributed by atoms with Crippen molar-refractivity contribution in [2.75, 3.05) is 38.2 Å². The van der Waals surface area contributed by atoms with Crippen LogP contribution in [0.2, 0.25) is 0 Å². The third-order valence-corrected chi connectivity index (χ3v) is 5.85. The predicted octanol–water partition coefficient (Wildman–Crippen LogP) is 4.54. The molecule has 1 amide bonds. The highest BCUT2D eigenvalue weighted by molar-refractivity contribution is 7.99. The molecule has 1 aliphatic heterocycles. The lowest BCUT2D eigenvalue weighted by Gasteiger charge is -2.26. The van der Waals surface area contributed by atoms with Gasteiger partial charge in [-0.1, -0.05) is 11.8 Å². The third kappa shape index (κ3) is 5.19. The van der Waals surface area contributed by atoms with Crippen molar-refractivity contribution in [3.8, 4) is 0 Å². The van der Waals surface area contributed by atoms with Crippen LogP contribution < -0.4 is 5.32 Å².